The standard InChI is InChI=1S/C27H24Cl6N6O6/c1-10-13(4-16-34-22(28)25(31)37(16)7-19(40)41)11(2)15(6-18-36-24(30)27(33)39(18)9-21(44)45)12(3)14(10)5-17-35-23(29)26(32)38(17)8-20(42)43/h4-9H2,1-3H3,(H,40,41)(H,42,43)(H,44,45). The SMILES string of the molecule is Cc1c(Cc2nc(Cl)c(Cl)n2CC(=O)O)c(C)c(Cc2nc(Cl)c(Cl)n2CC(=O)O)c(C)c1Cc1nc(Cl)c(Cl)n1CC(=O)O. The van der Waals surface area contributed by atoms with Gasteiger partial charge in [0.05, 0.1) is 0 Å². The monoisotopic (exact) mass is 738 g/mol. The zero-order chi connectivity index (χ0) is 33.5. The van der Waals surface area contributed by atoms with Gasteiger partial charge >= 0.3 is 17.9 Å². The number of carboxylic acids is 3. The molecular formula is C27H24Cl6N6O6. The predicted molar refractivity (Wildman–Crippen MR) is 169 cm³/mol. The zero-order valence-electron chi connectivity index (χ0n) is 23.8. The summed E-state index contributed by atoms with van der Waals surface area (Å²) in [5.41, 5.74) is 4.52. The Labute approximate surface area is 286 Å². The van der Waals surface area contributed by atoms with Crippen LogP contribution in [0.3, 0.4) is 0 Å². The quantitative estimate of drug-likeness (QED) is 0.155. The van der Waals surface area contributed by atoms with Gasteiger partial charge in [-0.15, -0.1) is 0 Å². The Morgan fingerprint density at radius 2 is 0.733 bits per heavy atom. The first-order chi connectivity index (χ1) is 21.0. The summed E-state index contributed by atoms with van der Waals surface area (Å²) >= 11 is 37.5. The number of hydrogen-bond donors (Lipinski definition) is 3. The van der Waals surface area contributed by atoms with Crippen molar-refractivity contribution in [2.75, 3.05) is 0 Å². The molecule has 0 unspecified atom stereocenters. The highest BCUT2D eigenvalue weighted by molar-refractivity contribution is 6.41. The lowest BCUT2D eigenvalue weighted by Crippen LogP contribution is -2.17. The highest BCUT2D eigenvalue weighted by Crippen LogP contribution is 2.35. The fourth-order valence-corrected chi connectivity index (χ4v) is 6.48. The molecule has 0 radical (unpaired) electrons. The number of aliphatic carboxylic acids is 3. The van der Waals surface area contributed by atoms with Crippen LogP contribution < -0.4 is 0 Å². The van der Waals surface area contributed by atoms with Gasteiger partial charge in [-0.25, -0.2) is 15.0 Å². The third kappa shape index (κ3) is 7.21. The molecule has 0 fully saturated rings. The molecule has 3 aromatic heterocycles. The summed E-state index contributed by atoms with van der Waals surface area (Å²) < 4.78 is 3.88. The van der Waals surface area contributed by atoms with Crippen molar-refractivity contribution in [3.63, 3.8) is 0 Å². The lowest BCUT2D eigenvalue weighted by Gasteiger charge is -2.23. The van der Waals surface area contributed by atoms with Gasteiger partial charge in [-0.3, -0.25) is 14.4 Å². The van der Waals surface area contributed by atoms with Gasteiger partial charge in [0.1, 0.15) is 52.6 Å². The normalized spacial score (nSPS) is 11.4. The Kier molecular flexibility index (Phi) is 10.7. The van der Waals surface area contributed by atoms with Crippen molar-refractivity contribution in [1.82, 2.24) is 28.7 Å². The van der Waals surface area contributed by atoms with Gasteiger partial charge in [0.15, 0.2) is 15.5 Å². The predicted octanol–water partition coefficient (Wildman–Crippen LogP) is 6.15. The summed E-state index contributed by atoms with van der Waals surface area (Å²) in [5, 5.41) is 28.2. The molecule has 0 atom stereocenters. The minimum atomic E-state index is -1.15. The maximum Gasteiger partial charge on any atom is 0.323 e. The van der Waals surface area contributed by atoms with E-state index >= 15 is 0 Å². The first kappa shape index (κ1) is 34.9. The molecule has 0 bridgehead atoms. The zero-order valence-corrected chi connectivity index (χ0v) is 28.3. The second-order valence-electron chi connectivity index (χ2n) is 10.1. The van der Waals surface area contributed by atoms with Crippen molar-refractivity contribution in [2.24, 2.45) is 0 Å². The molecule has 3 N–H and O–H groups in total. The van der Waals surface area contributed by atoms with Crippen LogP contribution in [0.25, 0.3) is 0 Å². The van der Waals surface area contributed by atoms with Gasteiger partial charge in [0, 0.05) is 19.3 Å². The minimum absolute atomic E-state index is 0.0307. The number of carbonyl (C=O) groups is 3. The van der Waals surface area contributed by atoms with Crippen LogP contribution in [0.15, 0.2) is 0 Å². The molecular weight excluding hydrogens is 717 g/mol. The number of nitrogens with zero attached hydrogens (tertiary/aromatic N) is 6. The van der Waals surface area contributed by atoms with Gasteiger partial charge in [-0.1, -0.05) is 69.6 Å². The molecule has 1 aromatic carbocycles. The molecule has 0 saturated carbocycles. The number of benzene rings is 1. The Hall–Kier alpha value is -3.00. The number of imidazole rings is 3. The second kappa shape index (κ2) is 13.8. The summed E-state index contributed by atoms with van der Waals surface area (Å²) in [6, 6.07) is 0. The van der Waals surface area contributed by atoms with Gasteiger partial charge < -0.3 is 29.0 Å². The van der Waals surface area contributed by atoms with Crippen LogP contribution in [0.5, 0.6) is 0 Å². The van der Waals surface area contributed by atoms with Gasteiger partial charge in [0.25, 0.3) is 0 Å². The number of aromatic nitrogens is 6. The van der Waals surface area contributed by atoms with E-state index in [-0.39, 0.29) is 67.7 Å². The van der Waals surface area contributed by atoms with Crippen LogP contribution in [-0.2, 0) is 53.3 Å². The van der Waals surface area contributed by atoms with Crippen LogP contribution in [0, 0.1) is 20.8 Å². The van der Waals surface area contributed by atoms with Crippen molar-refractivity contribution in [3.8, 4) is 0 Å². The third-order valence-corrected chi connectivity index (χ3v) is 9.67. The molecule has 12 nitrogen and oxygen atoms in total. The Bertz CT molecular complexity index is 1630. The Morgan fingerprint density at radius 1 is 0.511 bits per heavy atom. The number of hydrogen-bond acceptors (Lipinski definition) is 6. The lowest BCUT2D eigenvalue weighted by atomic mass is 9.84. The van der Waals surface area contributed by atoms with E-state index in [1.54, 1.807) is 0 Å². The van der Waals surface area contributed by atoms with Crippen molar-refractivity contribution >= 4 is 87.5 Å². The van der Waals surface area contributed by atoms with Crippen LogP contribution >= 0.6 is 69.6 Å². The first-order valence-electron chi connectivity index (χ1n) is 13.0. The molecule has 0 spiro atoms. The number of carboxylic acid groups (broad SMARTS) is 3. The molecule has 0 aliphatic carbocycles. The van der Waals surface area contributed by atoms with Crippen LogP contribution in [0.1, 0.15) is 50.9 Å². The maximum absolute atomic E-state index is 11.6. The number of halogens is 6. The van der Waals surface area contributed by atoms with E-state index in [1.807, 2.05) is 20.8 Å². The topological polar surface area (TPSA) is 165 Å². The summed E-state index contributed by atoms with van der Waals surface area (Å²) in [5.74, 6) is -2.58. The van der Waals surface area contributed by atoms with Crippen molar-refractivity contribution in [2.45, 2.75) is 59.7 Å². The third-order valence-electron chi connectivity index (χ3n) is 7.44. The van der Waals surface area contributed by atoms with E-state index in [4.69, 9.17) is 69.6 Å². The highest BCUT2D eigenvalue weighted by atomic mass is 35.5. The highest BCUT2D eigenvalue weighted by Gasteiger charge is 2.26. The molecule has 18 heteroatoms. The van der Waals surface area contributed by atoms with Crippen LogP contribution in [0.4, 0.5) is 0 Å². The minimum Gasteiger partial charge on any atom is -0.480 e. The largest absolute Gasteiger partial charge is 0.480 e. The van der Waals surface area contributed by atoms with E-state index < -0.39 is 37.5 Å². The molecule has 0 saturated heterocycles. The summed E-state index contributed by atoms with van der Waals surface area (Å²) in [6.07, 6.45) is 0.315. The molecule has 0 aliphatic rings. The smallest absolute Gasteiger partial charge is 0.323 e. The molecule has 4 aromatic rings. The van der Waals surface area contributed by atoms with Crippen molar-refractivity contribution < 1.29 is 29.7 Å². The van der Waals surface area contributed by atoms with Gasteiger partial charge in [-0.2, -0.15) is 0 Å². The van der Waals surface area contributed by atoms with Crippen LogP contribution in [-0.4, -0.2) is 61.9 Å². The van der Waals surface area contributed by atoms with Crippen molar-refractivity contribution in [1.29, 1.82) is 0 Å². The summed E-state index contributed by atoms with van der Waals surface area (Å²) in [7, 11) is 0. The van der Waals surface area contributed by atoms with E-state index in [2.05, 4.69) is 15.0 Å². The summed E-state index contributed by atoms with van der Waals surface area (Å²) in [4.78, 5) is 47.8. The molecule has 4 rings (SSSR count). The fourth-order valence-electron chi connectivity index (χ4n) is 5.29. The van der Waals surface area contributed by atoms with Crippen molar-refractivity contribution in [3.05, 3.63) is 81.8 Å². The van der Waals surface area contributed by atoms with Gasteiger partial charge in [0.2, 0.25) is 0 Å². The number of rotatable bonds is 12. The van der Waals surface area contributed by atoms with E-state index in [0.29, 0.717) is 0 Å². The lowest BCUT2D eigenvalue weighted by molar-refractivity contribution is -0.138. The fraction of sp³-hybridized carbons (Fsp3) is 0.333. The summed E-state index contributed by atoms with van der Waals surface area (Å²) in [6.45, 7) is 4.12. The molecule has 0 amide bonds. The molecule has 240 valence electrons. The molecule has 45 heavy (non-hydrogen) atoms. The second-order valence-corrected chi connectivity index (χ2v) is 12.3. The average molecular weight is 741 g/mol. The molecule has 0 aliphatic heterocycles. The Balaban J connectivity index is 1.95. The van der Waals surface area contributed by atoms with E-state index in [9.17, 15) is 29.7 Å². The molecule has 3 heterocycles. The van der Waals surface area contributed by atoms with Gasteiger partial charge in [-0.05, 0) is 54.2 Å². The van der Waals surface area contributed by atoms with E-state index in [0.717, 1.165) is 33.4 Å². The van der Waals surface area contributed by atoms with E-state index in [1.165, 1.54) is 13.7 Å². The van der Waals surface area contributed by atoms with Crippen LogP contribution in [0.2, 0.25) is 30.9 Å². The maximum atomic E-state index is 11.6. The Morgan fingerprint density at radius 3 is 0.933 bits per heavy atom. The average Bonchev–Trinajstić information content (AvgIpc) is 3.47. The first-order valence-corrected chi connectivity index (χ1v) is 15.2.